The molecule has 7 nitrogen and oxygen atoms in total. The minimum atomic E-state index is -0.254. The average Bonchev–Trinajstić information content (AvgIpc) is 3.37. The van der Waals surface area contributed by atoms with Crippen LogP contribution >= 0.6 is 0 Å². The second-order valence-corrected chi connectivity index (χ2v) is 10.7. The molecular weight excluding hydrogens is 428 g/mol. The number of ether oxygens (including phenoxy) is 1. The number of fused-ring (bicyclic) bond motifs is 1. The van der Waals surface area contributed by atoms with Crippen LogP contribution in [0.2, 0.25) is 0 Å². The summed E-state index contributed by atoms with van der Waals surface area (Å²) in [6.07, 6.45) is 11.5. The predicted octanol–water partition coefficient (Wildman–Crippen LogP) is 4.92. The molecule has 1 atom stereocenters. The summed E-state index contributed by atoms with van der Waals surface area (Å²) in [5.74, 6) is 1.38. The molecule has 1 saturated heterocycles. The molecule has 1 saturated carbocycles. The molecule has 0 unspecified atom stereocenters. The molecule has 2 aromatic rings. The van der Waals surface area contributed by atoms with Crippen molar-refractivity contribution in [3.05, 3.63) is 46.5 Å². The van der Waals surface area contributed by atoms with Crippen LogP contribution in [0.5, 0.6) is 0 Å². The number of anilines is 1. The summed E-state index contributed by atoms with van der Waals surface area (Å²) in [7, 11) is 0. The van der Waals surface area contributed by atoms with Gasteiger partial charge in [-0.1, -0.05) is 19.3 Å². The number of rotatable bonds is 4. The van der Waals surface area contributed by atoms with Gasteiger partial charge in [-0.15, -0.1) is 0 Å². The van der Waals surface area contributed by atoms with E-state index in [0.717, 1.165) is 17.8 Å². The number of amides is 1. The maximum Gasteiger partial charge on any atom is 0.257 e. The number of carbonyl (C=O) groups excluding carboxylic acids is 1. The van der Waals surface area contributed by atoms with Crippen LogP contribution in [-0.2, 0) is 17.8 Å². The maximum atomic E-state index is 12.9. The van der Waals surface area contributed by atoms with Crippen LogP contribution in [0.15, 0.2) is 23.0 Å². The van der Waals surface area contributed by atoms with Crippen LogP contribution in [-0.4, -0.2) is 53.3 Å². The van der Waals surface area contributed by atoms with Crippen molar-refractivity contribution in [1.29, 1.82) is 5.41 Å². The van der Waals surface area contributed by atoms with Gasteiger partial charge in [-0.25, -0.2) is 4.98 Å². The van der Waals surface area contributed by atoms with E-state index >= 15 is 0 Å². The maximum absolute atomic E-state index is 12.9. The van der Waals surface area contributed by atoms with Crippen molar-refractivity contribution in [2.75, 3.05) is 24.5 Å². The third-order valence-electron chi connectivity index (χ3n) is 7.77. The van der Waals surface area contributed by atoms with Gasteiger partial charge in [0.2, 0.25) is 0 Å². The topological polar surface area (TPSA) is 82.7 Å². The molecule has 7 heteroatoms. The molecular formula is C27H36N4O3. The fourth-order valence-electron chi connectivity index (χ4n) is 5.91. The summed E-state index contributed by atoms with van der Waals surface area (Å²) >= 11 is 0. The Bertz CT molecular complexity index is 1060. The predicted molar refractivity (Wildman–Crippen MR) is 132 cm³/mol. The Morgan fingerprint density at radius 2 is 2.00 bits per heavy atom. The highest BCUT2D eigenvalue weighted by molar-refractivity contribution is 5.94. The number of nitrogens with one attached hydrogen (secondary N) is 1. The van der Waals surface area contributed by atoms with Crippen LogP contribution in [0, 0.1) is 5.41 Å². The van der Waals surface area contributed by atoms with Crippen LogP contribution in [0.25, 0.3) is 0 Å². The zero-order valence-corrected chi connectivity index (χ0v) is 20.6. The monoisotopic (exact) mass is 464 g/mol. The molecule has 3 aliphatic rings. The van der Waals surface area contributed by atoms with Gasteiger partial charge in [-0.3, -0.25) is 4.79 Å². The number of hydrogen-bond acceptors (Lipinski definition) is 6. The first-order chi connectivity index (χ1) is 16.4. The third-order valence-corrected chi connectivity index (χ3v) is 7.77. The molecule has 1 N–H and O–H groups in total. The smallest absolute Gasteiger partial charge is 0.257 e. The van der Waals surface area contributed by atoms with Gasteiger partial charge in [0.25, 0.3) is 5.91 Å². The number of pyridine rings is 1. The summed E-state index contributed by atoms with van der Waals surface area (Å²) in [5, 5.41) is 8.33. The molecule has 34 heavy (non-hydrogen) atoms. The van der Waals surface area contributed by atoms with Gasteiger partial charge < -0.3 is 24.4 Å². The Kier molecular flexibility index (Phi) is 6.23. The Hall–Kier alpha value is -2.67. The highest BCUT2D eigenvalue weighted by atomic mass is 16.5. The zero-order valence-electron chi connectivity index (χ0n) is 20.6. The Morgan fingerprint density at radius 1 is 1.21 bits per heavy atom. The molecule has 2 fully saturated rings. The average molecular weight is 465 g/mol. The Morgan fingerprint density at radius 3 is 2.68 bits per heavy atom. The second kappa shape index (κ2) is 9.17. The van der Waals surface area contributed by atoms with E-state index in [1.807, 2.05) is 4.90 Å². The van der Waals surface area contributed by atoms with E-state index in [1.165, 1.54) is 61.4 Å². The minimum absolute atomic E-state index is 0.00775. The van der Waals surface area contributed by atoms with Gasteiger partial charge >= 0.3 is 0 Å². The first kappa shape index (κ1) is 23.1. The van der Waals surface area contributed by atoms with E-state index in [9.17, 15) is 4.79 Å². The molecule has 0 bridgehead atoms. The molecule has 0 spiro atoms. The van der Waals surface area contributed by atoms with Gasteiger partial charge in [-0.05, 0) is 45.2 Å². The van der Waals surface area contributed by atoms with Crippen molar-refractivity contribution >= 4 is 17.9 Å². The first-order valence-corrected chi connectivity index (χ1v) is 12.7. The van der Waals surface area contributed by atoms with E-state index in [2.05, 4.69) is 25.7 Å². The third kappa shape index (κ3) is 4.26. The lowest BCUT2D eigenvalue weighted by atomic mass is 9.80. The van der Waals surface area contributed by atoms with Crippen molar-refractivity contribution in [1.82, 2.24) is 9.88 Å². The molecule has 1 amide bonds. The summed E-state index contributed by atoms with van der Waals surface area (Å²) in [6.45, 7) is 8.94. The summed E-state index contributed by atoms with van der Waals surface area (Å²) in [5.41, 5.74) is 4.91. The van der Waals surface area contributed by atoms with Crippen molar-refractivity contribution in [3.63, 3.8) is 0 Å². The number of piperazine rings is 1. The number of nitrogens with zero attached hydrogens (tertiary/aromatic N) is 3. The van der Waals surface area contributed by atoms with Gasteiger partial charge in [0, 0.05) is 55.4 Å². The van der Waals surface area contributed by atoms with Gasteiger partial charge in [0.05, 0.1) is 29.7 Å². The molecule has 1 aliphatic carbocycles. The molecule has 182 valence electrons. The number of furan rings is 1. The van der Waals surface area contributed by atoms with Crippen molar-refractivity contribution in [3.8, 4) is 0 Å². The van der Waals surface area contributed by atoms with Crippen molar-refractivity contribution < 1.29 is 13.9 Å². The van der Waals surface area contributed by atoms with E-state index in [4.69, 9.17) is 19.5 Å². The van der Waals surface area contributed by atoms with Crippen LogP contribution < -0.4 is 4.90 Å². The fourth-order valence-corrected chi connectivity index (χ4v) is 5.91. The van der Waals surface area contributed by atoms with Gasteiger partial charge in [-0.2, -0.15) is 0 Å². The van der Waals surface area contributed by atoms with Crippen molar-refractivity contribution in [2.24, 2.45) is 0 Å². The van der Waals surface area contributed by atoms with Crippen LogP contribution in [0.1, 0.15) is 91.5 Å². The number of carbonyl (C=O) groups is 1. The van der Waals surface area contributed by atoms with Gasteiger partial charge in [0.1, 0.15) is 12.1 Å². The van der Waals surface area contributed by atoms with Gasteiger partial charge in [0.15, 0.2) is 0 Å². The Balaban J connectivity index is 1.50. The summed E-state index contributed by atoms with van der Waals surface area (Å²) in [4.78, 5) is 22.4. The second-order valence-electron chi connectivity index (χ2n) is 10.7. The first-order valence-electron chi connectivity index (χ1n) is 12.7. The molecule has 4 heterocycles. The molecule has 2 aromatic heterocycles. The lowest BCUT2D eigenvalue weighted by Gasteiger charge is -2.42. The van der Waals surface area contributed by atoms with Crippen molar-refractivity contribution in [2.45, 2.75) is 83.5 Å². The minimum Gasteiger partial charge on any atom is -0.472 e. The molecule has 0 aromatic carbocycles. The molecule has 2 aliphatic heterocycles. The molecule has 5 rings (SSSR count). The summed E-state index contributed by atoms with van der Waals surface area (Å²) < 4.78 is 11.3. The number of hydrogen-bond donors (Lipinski definition) is 1. The Labute approximate surface area is 202 Å². The van der Waals surface area contributed by atoms with Crippen LogP contribution in [0.4, 0.5) is 5.82 Å². The lowest BCUT2D eigenvalue weighted by molar-refractivity contribution is -0.0408. The van der Waals surface area contributed by atoms with E-state index in [-0.39, 0.29) is 17.6 Å². The normalized spacial score (nSPS) is 23.0. The SMILES string of the molecule is C[C@@H]1CN(c2nc(C3CCCCC3)c3c(c2C=N)CC(C)(C)OC3)CCN1C(=O)c1ccoc1. The molecule has 0 radical (unpaired) electrons. The van der Waals surface area contributed by atoms with Crippen LogP contribution in [0.3, 0.4) is 0 Å². The fraction of sp³-hybridized carbons (Fsp3) is 0.593. The standard InChI is InChI=1S/C27H36N4O3/c1-18-15-30(10-11-31(18)26(32)20-9-12-33-16-20)25-22(14-28)21-13-27(2,3)34-17-23(21)24(29-25)19-7-5-4-6-8-19/h9,12,14,16,18-19,28H,4-8,10-11,13,15,17H2,1-3H3/t18-/m1/s1. The van der Waals surface area contributed by atoms with E-state index < -0.39 is 0 Å². The largest absolute Gasteiger partial charge is 0.472 e. The highest BCUT2D eigenvalue weighted by Crippen LogP contribution is 2.41. The lowest BCUT2D eigenvalue weighted by Crippen LogP contribution is -2.54. The van der Waals surface area contributed by atoms with E-state index in [0.29, 0.717) is 37.7 Å². The highest BCUT2D eigenvalue weighted by Gasteiger charge is 2.36. The zero-order chi connectivity index (χ0) is 23.9. The van der Waals surface area contributed by atoms with E-state index in [1.54, 1.807) is 12.3 Å². The quantitative estimate of drug-likeness (QED) is 0.649. The number of aromatic nitrogens is 1. The summed E-state index contributed by atoms with van der Waals surface area (Å²) in [6, 6.07) is 1.75.